The Hall–Kier alpha value is -1.33. The molecule has 0 aliphatic carbocycles. The largest absolute Gasteiger partial charge is 0.503 e. The van der Waals surface area contributed by atoms with Crippen LogP contribution in [0.2, 0.25) is 0 Å². The summed E-state index contributed by atoms with van der Waals surface area (Å²) in [7, 11) is 0. The van der Waals surface area contributed by atoms with Gasteiger partial charge in [-0.2, -0.15) is 0 Å². The second kappa shape index (κ2) is 6.73. The van der Waals surface area contributed by atoms with Crippen molar-refractivity contribution in [3.05, 3.63) is 28.2 Å². The van der Waals surface area contributed by atoms with E-state index in [2.05, 4.69) is 11.8 Å². The van der Waals surface area contributed by atoms with Crippen molar-refractivity contribution in [2.24, 2.45) is 0 Å². The van der Waals surface area contributed by atoms with Crippen LogP contribution in [-0.2, 0) is 17.8 Å². The van der Waals surface area contributed by atoms with Crippen LogP contribution in [0.4, 0.5) is 0 Å². The minimum Gasteiger partial charge on any atom is -0.503 e. The molecule has 0 aromatic carbocycles. The SMILES string of the molecule is CCCCn1cc(O)c(=O)cc1CN1CCOCC1. The highest BCUT2D eigenvalue weighted by Gasteiger charge is 2.13. The van der Waals surface area contributed by atoms with Crippen molar-refractivity contribution >= 4 is 0 Å². The highest BCUT2D eigenvalue weighted by Crippen LogP contribution is 2.11. The van der Waals surface area contributed by atoms with E-state index in [1.165, 1.54) is 0 Å². The molecule has 2 heterocycles. The summed E-state index contributed by atoms with van der Waals surface area (Å²) in [6, 6.07) is 1.56. The van der Waals surface area contributed by atoms with Gasteiger partial charge in [0.05, 0.1) is 19.4 Å². The normalized spacial score (nSPS) is 16.7. The second-order valence-corrected chi connectivity index (χ2v) is 4.95. The Morgan fingerprint density at radius 3 is 2.79 bits per heavy atom. The molecule has 19 heavy (non-hydrogen) atoms. The molecule has 1 aromatic rings. The van der Waals surface area contributed by atoms with Crippen LogP contribution < -0.4 is 5.43 Å². The highest BCUT2D eigenvalue weighted by molar-refractivity contribution is 5.20. The van der Waals surface area contributed by atoms with Crippen LogP contribution in [0.15, 0.2) is 17.1 Å². The third-order valence-corrected chi connectivity index (χ3v) is 3.44. The number of ether oxygens (including phenoxy) is 1. The van der Waals surface area contributed by atoms with Gasteiger partial charge in [-0.3, -0.25) is 9.69 Å². The van der Waals surface area contributed by atoms with Crippen LogP contribution in [0.1, 0.15) is 25.5 Å². The van der Waals surface area contributed by atoms with Crippen molar-refractivity contribution in [2.45, 2.75) is 32.9 Å². The lowest BCUT2D eigenvalue weighted by Crippen LogP contribution is -2.36. The first-order chi connectivity index (χ1) is 9.20. The van der Waals surface area contributed by atoms with E-state index in [0.29, 0.717) is 0 Å². The highest BCUT2D eigenvalue weighted by atomic mass is 16.5. The number of aromatic hydroxyl groups is 1. The fourth-order valence-electron chi connectivity index (χ4n) is 2.26. The monoisotopic (exact) mass is 266 g/mol. The van der Waals surface area contributed by atoms with Crippen molar-refractivity contribution in [1.29, 1.82) is 0 Å². The Morgan fingerprint density at radius 2 is 2.11 bits per heavy atom. The van der Waals surface area contributed by atoms with E-state index < -0.39 is 0 Å². The zero-order valence-electron chi connectivity index (χ0n) is 11.5. The number of hydrogen-bond donors (Lipinski definition) is 1. The van der Waals surface area contributed by atoms with Crippen molar-refractivity contribution in [3.8, 4) is 5.75 Å². The molecule has 0 saturated carbocycles. The van der Waals surface area contributed by atoms with Crippen LogP contribution in [0.5, 0.6) is 5.75 Å². The smallest absolute Gasteiger partial charge is 0.223 e. The van der Waals surface area contributed by atoms with Gasteiger partial charge in [0, 0.05) is 37.9 Å². The van der Waals surface area contributed by atoms with Gasteiger partial charge in [0.25, 0.3) is 0 Å². The molecular formula is C14H22N2O3. The summed E-state index contributed by atoms with van der Waals surface area (Å²) in [5.41, 5.74) is 0.675. The van der Waals surface area contributed by atoms with Crippen LogP contribution in [0.3, 0.4) is 0 Å². The molecule has 1 saturated heterocycles. The van der Waals surface area contributed by atoms with Crippen molar-refractivity contribution in [2.75, 3.05) is 26.3 Å². The van der Waals surface area contributed by atoms with Gasteiger partial charge in [-0.15, -0.1) is 0 Å². The van der Waals surface area contributed by atoms with E-state index in [4.69, 9.17) is 4.74 Å². The summed E-state index contributed by atoms with van der Waals surface area (Å²) in [5, 5.41) is 9.56. The topological polar surface area (TPSA) is 54.7 Å². The quantitative estimate of drug-likeness (QED) is 0.869. The second-order valence-electron chi connectivity index (χ2n) is 4.95. The third-order valence-electron chi connectivity index (χ3n) is 3.44. The average Bonchev–Trinajstić information content (AvgIpc) is 2.42. The lowest BCUT2D eigenvalue weighted by Gasteiger charge is -2.27. The van der Waals surface area contributed by atoms with E-state index in [0.717, 1.165) is 57.9 Å². The maximum Gasteiger partial charge on any atom is 0.223 e. The van der Waals surface area contributed by atoms with E-state index in [-0.39, 0.29) is 11.2 Å². The molecule has 2 rings (SSSR count). The maximum absolute atomic E-state index is 11.6. The van der Waals surface area contributed by atoms with Gasteiger partial charge in [0.1, 0.15) is 0 Å². The van der Waals surface area contributed by atoms with Gasteiger partial charge in [0.2, 0.25) is 5.43 Å². The first-order valence-electron chi connectivity index (χ1n) is 6.93. The van der Waals surface area contributed by atoms with Gasteiger partial charge in [-0.1, -0.05) is 13.3 Å². The average molecular weight is 266 g/mol. The van der Waals surface area contributed by atoms with Crippen LogP contribution in [-0.4, -0.2) is 40.9 Å². The summed E-state index contributed by atoms with van der Waals surface area (Å²) in [4.78, 5) is 13.9. The van der Waals surface area contributed by atoms with Crippen molar-refractivity contribution < 1.29 is 9.84 Å². The number of pyridine rings is 1. The fraction of sp³-hybridized carbons (Fsp3) is 0.643. The molecule has 0 amide bonds. The maximum atomic E-state index is 11.6. The van der Waals surface area contributed by atoms with Gasteiger partial charge in [0.15, 0.2) is 5.75 Å². The molecular weight excluding hydrogens is 244 g/mol. The Bertz CT molecular complexity index is 464. The molecule has 0 atom stereocenters. The number of aryl methyl sites for hydroxylation is 1. The standard InChI is InChI=1S/C14H22N2O3/c1-2-3-4-16-11-14(18)13(17)9-12(16)10-15-5-7-19-8-6-15/h9,11,18H,2-8,10H2,1H3. The first-order valence-corrected chi connectivity index (χ1v) is 6.93. The fourth-order valence-corrected chi connectivity index (χ4v) is 2.26. The lowest BCUT2D eigenvalue weighted by molar-refractivity contribution is 0.0330. The summed E-state index contributed by atoms with van der Waals surface area (Å²) in [6.07, 6.45) is 3.69. The molecule has 0 bridgehead atoms. The molecule has 1 fully saturated rings. The van der Waals surface area contributed by atoms with Gasteiger partial charge >= 0.3 is 0 Å². The third kappa shape index (κ3) is 3.81. The minimum absolute atomic E-state index is 0.165. The Kier molecular flexibility index (Phi) is 4.99. The molecule has 1 aliphatic heterocycles. The molecule has 106 valence electrons. The Labute approximate surface area is 113 Å². The van der Waals surface area contributed by atoms with E-state index in [1.807, 2.05) is 4.57 Å². The van der Waals surface area contributed by atoms with Crippen LogP contribution in [0.25, 0.3) is 0 Å². The molecule has 0 spiro atoms. The number of rotatable bonds is 5. The molecule has 1 aliphatic rings. The number of unbranched alkanes of at least 4 members (excludes halogenated alkanes) is 1. The summed E-state index contributed by atoms with van der Waals surface area (Å²) < 4.78 is 7.32. The Morgan fingerprint density at radius 1 is 1.37 bits per heavy atom. The minimum atomic E-state index is -0.295. The van der Waals surface area contributed by atoms with E-state index >= 15 is 0 Å². The Balaban J connectivity index is 2.15. The van der Waals surface area contributed by atoms with Gasteiger partial charge < -0.3 is 14.4 Å². The zero-order chi connectivity index (χ0) is 13.7. The summed E-state index contributed by atoms with van der Waals surface area (Å²) >= 11 is 0. The van der Waals surface area contributed by atoms with Gasteiger partial charge in [-0.05, 0) is 6.42 Å². The van der Waals surface area contributed by atoms with Gasteiger partial charge in [-0.25, -0.2) is 0 Å². The number of hydrogen-bond acceptors (Lipinski definition) is 4. The first kappa shape index (κ1) is 14.1. The number of morpholine rings is 1. The predicted molar refractivity (Wildman–Crippen MR) is 73.4 cm³/mol. The molecule has 0 unspecified atom stereocenters. The lowest BCUT2D eigenvalue weighted by atomic mass is 10.2. The zero-order valence-corrected chi connectivity index (χ0v) is 11.5. The number of nitrogens with zero attached hydrogens (tertiary/aromatic N) is 2. The van der Waals surface area contributed by atoms with Crippen LogP contribution >= 0.6 is 0 Å². The van der Waals surface area contributed by atoms with Crippen LogP contribution in [0, 0.1) is 0 Å². The molecule has 1 N–H and O–H groups in total. The molecule has 5 heteroatoms. The van der Waals surface area contributed by atoms with Crippen molar-refractivity contribution in [3.63, 3.8) is 0 Å². The summed E-state index contributed by atoms with van der Waals surface area (Å²) in [6.45, 7) is 6.98. The molecule has 0 radical (unpaired) electrons. The molecule has 5 nitrogen and oxygen atoms in total. The van der Waals surface area contributed by atoms with Crippen molar-refractivity contribution in [1.82, 2.24) is 9.47 Å². The number of aromatic nitrogens is 1. The molecule has 1 aromatic heterocycles. The predicted octanol–water partition coefficient (Wildman–Crippen LogP) is 1.19. The van der Waals surface area contributed by atoms with E-state index in [9.17, 15) is 9.90 Å². The summed E-state index contributed by atoms with van der Waals surface area (Å²) in [5.74, 6) is -0.165. The van der Waals surface area contributed by atoms with E-state index in [1.54, 1.807) is 12.3 Å².